The Kier molecular flexibility index (Phi) is 5.59. The highest BCUT2D eigenvalue weighted by atomic mass is 31.2. The number of allylic oxidation sites excluding steroid dienone is 2. The quantitative estimate of drug-likeness (QED) is 0.516. The summed E-state index contributed by atoms with van der Waals surface area (Å²) >= 11 is 0. The van der Waals surface area contributed by atoms with Crippen LogP contribution in [-0.4, -0.2) is 19.4 Å². The highest BCUT2D eigenvalue weighted by Gasteiger charge is 2.25. The van der Waals surface area contributed by atoms with Crippen LogP contribution in [0.4, 0.5) is 0 Å². The van der Waals surface area contributed by atoms with E-state index in [1.165, 1.54) is 18.4 Å². The molecule has 1 aliphatic carbocycles. The zero-order valence-electron chi connectivity index (χ0n) is 9.70. The SMILES string of the molecule is CCOP(=O)(CC1=CCCCC1)OCC. The van der Waals surface area contributed by atoms with E-state index in [2.05, 4.69) is 6.08 Å². The van der Waals surface area contributed by atoms with Crippen molar-refractivity contribution in [2.45, 2.75) is 39.5 Å². The van der Waals surface area contributed by atoms with Gasteiger partial charge in [-0.25, -0.2) is 0 Å². The average molecular weight is 232 g/mol. The van der Waals surface area contributed by atoms with Gasteiger partial charge in [0.15, 0.2) is 0 Å². The number of rotatable bonds is 6. The Labute approximate surface area is 92.4 Å². The molecule has 0 N–H and O–H groups in total. The van der Waals surface area contributed by atoms with E-state index in [9.17, 15) is 4.57 Å². The third-order valence-electron chi connectivity index (χ3n) is 2.43. The van der Waals surface area contributed by atoms with Crippen LogP contribution in [0.15, 0.2) is 11.6 Å². The van der Waals surface area contributed by atoms with Crippen LogP contribution in [0, 0.1) is 0 Å². The van der Waals surface area contributed by atoms with Gasteiger partial charge in [0.25, 0.3) is 0 Å². The lowest BCUT2D eigenvalue weighted by atomic mass is 10.0. The van der Waals surface area contributed by atoms with Gasteiger partial charge in [-0.1, -0.05) is 11.6 Å². The molecule has 88 valence electrons. The second-order valence-electron chi connectivity index (χ2n) is 3.71. The van der Waals surface area contributed by atoms with Crippen LogP contribution in [-0.2, 0) is 13.6 Å². The molecule has 4 heteroatoms. The van der Waals surface area contributed by atoms with Crippen LogP contribution in [0.1, 0.15) is 39.5 Å². The van der Waals surface area contributed by atoms with Crippen LogP contribution >= 0.6 is 7.60 Å². The molecule has 1 aliphatic rings. The molecule has 0 bridgehead atoms. The molecule has 0 aromatic rings. The molecule has 1 rings (SSSR count). The van der Waals surface area contributed by atoms with Gasteiger partial charge in [0.05, 0.1) is 19.4 Å². The fourth-order valence-corrected chi connectivity index (χ4v) is 3.65. The third kappa shape index (κ3) is 4.50. The Hall–Kier alpha value is -0.110. The first-order valence-corrected chi connectivity index (χ1v) is 7.49. The second-order valence-corrected chi connectivity index (χ2v) is 5.77. The molecule has 3 nitrogen and oxygen atoms in total. The first kappa shape index (κ1) is 13.0. The molecule has 0 amide bonds. The minimum Gasteiger partial charge on any atom is -0.309 e. The molecule has 15 heavy (non-hydrogen) atoms. The minimum atomic E-state index is -2.86. The third-order valence-corrected chi connectivity index (χ3v) is 4.53. The largest absolute Gasteiger partial charge is 0.334 e. The van der Waals surface area contributed by atoms with Gasteiger partial charge >= 0.3 is 7.60 Å². The maximum Gasteiger partial charge on any atom is 0.334 e. The predicted molar refractivity (Wildman–Crippen MR) is 62.3 cm³/mol. The van der Waals surface area contributed by atoms with Crippen LogP contribution in [0.5, 0.6) is 0 Å². The van der Waals surface area contributed by atoms with E-state index in [1.54, 1.807) is 0 Å². The van der Waals surface area contributed by atoms with Gasteiger partial charge in [0, 0.05) is 0 Å². The molecular weight excluding hydrogens is 211 g/mol. The van der Waals surface area contributed by atoms with Crippen LogP contribution in [0.25, 0.3) is 0 Å². The lowest BCUT2D eigenvalue weighted by Gasteiger charge is -2.20. The van der Waals surface area contributed by atoms with Crippen LogP contribution in [0.3, 0.4) is 0 Å². The van der Waals surface area contributed by atoms with Crippen molar-refractivity contribution in [1.82, 2.24) is 0 Å². The average Bonchev–Trinajstić information content (AvgIpc) is 2.19. The minimum absolute atomic E-state index is 0.449. The normalized spacial score (nSPS) is 17.6. The Morgan fingerprint density at radius 3 is 2.40 bits per heavy atom. The Bertz CT molecular complexity index is 251. The van der Waals surface area contributed by atoms with Crippen LogP contribution in [0.2, 0.25) is 0 Å². The first-order chi connectivity index (χ1) is 7.20. The van der Waals surface area contributed by atoms with Gasteiger partial charge < -0.3 is 9.05 Å². The van der Waals surface area contributed by atoms with Gasteiger partial charge in [0.1, 0.15) is 0 Å². The molecule has 0 aromatic carbocycles. The summed E-state index contributed by atoms with van der Waals surface area (Å²) in [6, 6.07) is 0. The second kappa shape index (κ2) is 6.47. The molecule has 0 aliphatic heterocycles. The van der Waals surface area contributed by atoms with Crippen molar-refractivity contribution in [1.29, 1.82) is 0 Å². The van der Waals surface area contributed by atoms with E-state index in [-0.39, 0.29) is 0 Å². The maximum absolute atomic E-state index is 12.2. The van der Waals surface area contributed by atoms with E-state index in [1.807, 2.05) is 13.8 Å². The highest BCUT2D eigenvalue weighted by Crippen LogP contribution is 2.50. The molecule has 0 aromatic heterocycles. The predicted octanol–water partition coefficient (Wildman–Crippen LogP) is 3.75. The van der Waals surface area contributed by atoms with Crippen molar-refractivity contribution in [3.05, 3.63) is 11.6 Å². The summed E-state index contributed by atoms with van der Waals surface area (Å²) in [5.74, 6) is 0. The number of hydrogen-bond donors (Lipinski definition) is 0. The summed E-state index contributed by atoms with van der Waals surface area (Å²) in [7, 11) is -2.86. The molecule has 0 fully saturated rings. The lowest BCUT2D eigenvalue weighted by molar-refractivity contribution is 0.222. The van der Waals surface area contributed by atoms with Gasteiger partial charge in [0.2, 0.25) is 0 Å². The summed E-state index contributed by atoms with van der Waals surface area (Å²) in [4.78, 5) is 0. The topological polar surface area (TPSA) is 35.5 Å². The van der Waals surface area contributed by atoms with Crippen molar-refractivity contribution < 1.29 is 13.6 Å². The molecule has 0 heterocycles. The zero-order valence-corrected chi connectivity index (χ0v) is 10.6. The van der Waals surface area contributed by atoms with Crippen molar-refractivity contribution in [3.8, 4) is 0 Å². The molecular formula is C11H21O3P. The number of hydrogen-bond acceptors (Lipinski definition) is 3. The van der Waals surface area contributed by atoms with Gasteiger partial charge in [-0.05, 0) is 39.5 Å². The van der Waals surface area contributed by atoms with Crippen molar-refractivity contribution in [2.24, 2.45) is 0 Å². The molecule has 0 unspecified atom stereocenters. The van der Waals surface area contributed by atoms with Crippen molar-refractivity contribution >= 4 is 7.60 Å². The van der Waals surface area contributed by atoms with E-state index < -0.39 is 7.60 Å². The molecule has 0 saturated heterocycles. The molecule has 0 atom stereocenters. The maximum atomic E-state index is 12.2. The Balaban J connectivity index is 2.56. The van der Waals surface area contributed by atoms with E-state index >= 15 is 0 Å². The van der Waals surface area contributed by atoms with Crippen molar-refractivity contribution in [3.63, 3.8) is 0 Å². The summed E-state index contributed by atoms with van der Waals surface area (Å²) in [5.41, 5.74) is 1.24. The van der Waals surface area contributed by atoms with Gasteiger partial charge in [-0.3, -0.25) is 4.57 Å². The Morgan fingerprint density at radius 1 is 1.27 bits per heavy atom. The standard InChI is InChI=1S/C11H21O3P/c1-3-13-15(12,14-4-2)10-11-8-6-5-7-9-11/h8H,3-7,9-10H2,1-2H3. The van der Waals surface area contributed by atoms with Gasteiger partial charge in [-0.2, -0.15) is 0 Å². The summed E-state index contributed by atoms with van der Waals surface area (Å²) < 4.78 is 22.7. The highest BCUT2D eigenvalue weighted by molar-refractivity contribution is 7.54. The first-order valence-electron chi connectivity index (χ1n) is 5.76. The fraction of sp³-hybridized carbons (Fsp3) is 0.818. The Morgan fingerprint density at radius 2 is 1.93 bits per heavy atom. The molecule has 0 saturated carbocycles. The van der Waals surface area contributed by atoms with E-state index in [4.69, 9.17) is 9.05 Å². The summed E-state index contributed by atoms with van der Waals surface area (Å²) in [6.45, 7) is 4.59. The monoisotopic (exact) mass is 232 g/mol. The zero-order chi connectivity index (χ0) is 11.1. The lowest BCUT2D eigenvalue weighted by Crippen LogP contribution is -2.04. The summed E-state index contributed by atoms with van der Waals surface area (Å²) in [6.07, 6.45) is 7.27. The van der Waals surface area contributed by atoms with Crippen LogP contribution < -0.4 is 0 Å². The molecule has 0 radical (unpaired) electrons. The van der Waals surface area contributed by atoms with Crippen molar-refractivity contribution in [2.75, 3.05) is 19.4 Å². The van der Waals surface area contributed by atoms with Gasteiger partial charge in [-0.15, -0.1) is 0 Å². The fourth-order valence-electron chi connectivity index (χ4n) is 1.82. The van der Waals surface area contributed by atoms with E-state index in [0.29, 0.717) is 19.4 Å². The molecule has 0 spiro atoms. The summed E-state index contributed by atoms with van der Waals surface area (Å²) in [5, 5.41) is 0. The van der Waals surface area contributed by atoms with E-state index in [0.717, 1.165) is 12.8 Å². The smallest absolute Gasteiger partial charge is 0.309 e.